The lowest BCUT2D eigenvalue weighted by Gasteiger charge is -2.09. The highest BCUT2D eigenvalue weighted by Crippen LogP contribution is 2.08. The third-order valence-electron chi connectivity index (χ3n) is 1.69. The average molecular weight is 237 g/mol. The number of rotatable bonds is 5. The summed E-state index contributed by atoms with van der Waals surface area (Å²) < 4.78 is 4.99. The molecule has 0 aliphatic carbocycles. The number of carbonyl (C=O) groups is 1. The van der Waals surface area contributed by atoms with Gasteiger partial charge in [0, 0.05) is 11.2 Å². The fourth-order valence-corrected chi connectivity index (χ4v) is 0.828. The van der Waals surface area contributed by atoms with Crippen LogP contribution in [0.4, 0.5) is 0 Å². The highest BCUT2D eigenvalue weighted by Gasteiger charge is 2.08. The minimum absolute atomic E-state index is 0.0874. The van der Waals surface area contributed by atoms with Gasteiger partial charge in [0.05, 0.1) is 0 Å². The average Bonchev–Trinajstić information content (AvgIpc) is 2.00. The maximum atomic E-state index is 11.1. The first-order valence-electron chi connectivity index (χ1n) is 4.36. The van der Waals surface area contributed by atoms with Gasteiger partial charge in [-0.1, -0.05) is 36.2 Å². The van der Waals surface area contributed by atoms with E-state index >= 15 is 0 Å². The Bertz CT molecular complexity index is 134. The van der Waals surface area contributed by atoms with Crippen LogP contribution >= 0.6 is 15.9 Å². The molecular weight excluding hydrogens is 220 g/mol. The summed E-state index contributed by atoms with van der Waals surface area (Å²) >= 11 is 3.31. The number of hydrogen-bond acceptors (Lipinski definition) is 2. The van der Waals surface area contributed by atoms with Crippen molar-refractivity contribution in [1.82, 2.24) is 0 Å². The summed E-state index contributed by atoms with van der Waals surface area (Å²) in [5.74, 6) is 0.346. The molecule has 0 rings (SSSR count). The zero-order valence-corrected chi connectivity index (χ0v) is 9.56. The molecule has 0 saturated carbocycles. The summed E-state index contributed by atoms with van der Waals surface area (Å²) in [6.45, 7) is 6.55. The Labute approximate surface area is 82.8 Å². The Morgan fingerprint density at radius 3 is 2.50 bits per heavy atom. The van der Waals surface area contributed by atoms with Crippen LogP contribution in [0, 0.1) is 5.92 Å². The van der Waals surface area contributed by atoms with Gasteiger partial charge in [-0.2, -0.15) is 0 Å². The number of alkyl halides is 1. The monoisotopic (exact) mass is 236 g/mol. The third kappa shape index (κ3) is 6.65. The fraction of sp³-hybridized carbons (Fsp3) is 0.889. The molecule has 0 aliphatic rings. The molecule has 2 atom stereocenters. The lowest BCUT2D eigenvalue weighted by atomic mass is 10.1. The molecule has 2 unspecified atom stereocenters. The molecule has 0 saturated heterocycles. The van der Waals surface area contributed by atoms with Crippen LogP contribution < -0.4 is 0 Å². The Balaban J connectivity index is 3.46. The van der Waals surface area contributed by atoms with E-state index in [9.17, 15) is 4.79 Å². The molecule has 3 heteroatoms. The zero-order valence-electron chi connectivity index (χ0n) is 7.97. The van der Waals surface area contributed by atoms with E-state index in [2.05, 4.69) is 29.8 Å². The van der Waals surface area contributed by atoms with E-state index < -0.39 is 0 Å². The standard InChI is InChI=1S/C9H17BrO2/c1-4-7(2)5-9(11)12-6-8(3)10/h7-8H,4-6H2,1-3H3. The van der Waals surface area contributed by atoms with Crippen LogP contribution in [-0.4, -0.2) is 17.4 Å². The van der Waals surface area contributed by atoms with Gasteiger partial charge in [0.2, 0.25) is 0 Å². The fourth-order valence-electron chi connectivity index (χ4n) is 0.696. The van der Waals surface area contributed by atoms with Gasteiger partial charge in [0.1, 0.15) is 6.61 Å². The van der Waals surface area contributed by atoms with Crippen LogP contribution in [0.25, 0.3) is 0 Å². The number of hydrogen-bond donors (Lipinski definition) is 0. The minimum Gasteiger partial charge on any atom is -0.464 e. The van der Waals surface area contributed by atoms with Crippen LogP contribution in [0.3, 0.4) is 0 Å². The van der Waals surface area contributed by atoms with Gasteiger partial charge in [-0.15, -0.1) is 0 Å². The molecule has 0 fully saturated rings. The van der Waals surface area contributed by atoms with E-state index in [0.29, 0.717) is 18.9 Å². The van der Waals surface area contributed by atoms with Gasteiger partial charge in [0.25, 0.3) is 0 Å². The van der Waals surface area contributed by atoms with E-state index in [1.807, 2.05) is 6.92 Å². The van der Waals surface area contributed by atoms with Gasteiger partial charge >= 0.3 is 5.97 Å². The molecule has 12 heavy (non-hydrogen) atoms. The predicted molar refractivity (Wildman–Crippen MR) is 53.4 cm³/mol. The second-order valence-electron chi connectivity index (χ2n) is 3.18. The maximum absolute atomic E-state index is 11.1. The van der Waals surface area contributed by atoms with Crippen LogP contribution in [-0.2, 0) is 9.53 Å². The molecule has 2 nitrogen and oxygen atoms in total. The number of esters is 1. The summed E-state index contributed by atoms with van der Waals surface area (Å²) in [6, 6.07) is 0. The first kappa shape index (κ1) is 11.9. The van der Waals surface area contributed by atoms with E-state index in [4.69, 9.17) is 4.74 Å². The molecule has 0 amide bonds. The van der Waals surface area contributed by atoms with Crippen molar-refractivity contribution in [2.45, 2.75) is 38.4 Å². The van der Waals surface area contributed by atoms with Crippen molar-refractivity contribution < 1.29 is 9.53 Å². The van der Waals surface area contributed by atoms with Gasteiger partial charge < -0.3 is 4.74 Å². The summed E-state index contributed by atoms with van der Waals surface area (Å²) in [5, 5.41) is 0. The zero-order chi connectivity index (χ0) is 9.56. The molecule has 72 valence electrons. The highest BCUT2D eigenvalue weighted by atomic mass is 79.9. The second kappa shape index (κ2) is 6.46. The number of halogens is 1. The van der Waals surface area contributed by atoms with Gasteiger partial charge in [-0.05, 0) is 12.8 Å². The van der Waals surface area contributed by atoms with Crippen LogP contribution in [0.15, 0.2) is 0 Å². The number of ether oxygens (including phenoxy) is 1. The highest BCUT2D eigenvalue weighted by molar-refractivity contribution is 9.09. The first-order valence-corrected chi connectivity index (χ1v) is 5.27. The third-order valence-corrected chi connectivity index (χ3v) is 1.95. The maximum Gasteiger partial charge on any atom is 0.306 e. The Kier molecular flexibility index (Phi) is 6.44. The Morgan fingerprint density at radius 2 is 2.08 bits per heavy atom. The summed E-state index contributed by atoms with van der Waals surface area (Å²) in [4.78, 5) is 11.3. The van der Waals surface area contributed by atoms with Gasteiger partial charge in [0.15, 0.2) is 0 Å². The predicted octanol–water partition coefficient (Wildman–Crippen LogP) is 2.75. The van der Waals surface area contributed by atoms with Crippen molar-refractivity contribution in [2.24, 2.45) is 5.92 Å². The normalized spacial score (nSPS) is 15.3. The summed E-state index contributed by atoms with van der Waals surface area (Å²) in [5.41, 5.74) is 0. The van der Waals surface area contributed by atoms with Crippen molar-refractivity contribution >= 4 is 21.9 Å². The minimum atomic E-state index is -0.0874. The van der Waals surface area contributed by atoms with Crippen LogP contribution in [0.1, 0.15) is 33.6 Å². The van der Waals surface area contributed by atoms with Crippen LogP contribution in [0.5, 0.6) is 0 Å². The molecule has 0 aromatic rings. The quantitative estimate of drug-likeness (QED) is 0.542. The van der Waals surface area contributed by atoms with E-state index in [-0.39, 0.29) is 10.8 Å². The van der Waals surface area contributed by atoms with Crippen LogP contribution in [0.2, 0.25) is 0 Å². The van der Waals surface area contributed by atoms with Crippen molar-refractivity contribution in [1.29, 1.82) is 0 Å². The van der Waals surface area contributed by atoms with Gasteiger partial charge in [-0.3, -0.25) is 4.79 Å². The van der Waals surface area contributed by atoms with E-state index in [1.54, 1.807) is 0 Å². The molecule has 0 heterocycles. The lowest BCUT2D eigenvalue weighted by Crippen LogP contribution is -2.13. The summed E-state index contributed by atoms with van der Waals surface area (Å²) in [6.07, 6.45) is 1.56. The second-order valence-corrected chi connectivity index (χ2v) is 4.74. The smallest absolute Gasteiger partial charge is 0.306 e. The summed E-state index contributed by atoms with van der Waals surface area (Å²) in [7, 11) is 0. The number of carbonyl (C=O) groups excluding carboxylic acids is 1. The van der Waals surface area contributed by atoms with Crippen molar-refractivity contribution in [3.63, 3.8) is 0 Å². The van der Waals surface area contributed by atoms with Gasteiger partial charge in [-0.25, -0.2) is 0 Å². The van der Waals surface area contributed by atoms with Crippen molar-refractivity contribution in [2.75, 3.05) is 6.61 Å². The SMILES string of the molecule is CCC(C)CC(=O)OCC(C)Br. The first-order chi connectivity index (χ1) is 5.56. The molecule has 0 spiro atoms. The van der Waals surface area contributed by atoms with Crippen molar-refractivity contribution in [3.05, 3.63) is 0 Å². The lowest BCUT2D eigenvalue weighted by molar-refractivity contribution is -0.144. The van der Waals surface area contributed by atoms with E-state index in [1.165, 1.54) is 0 Å². The van der Waals surface area contributed by atoms with E-state index in [0.717, 1.165) is 6.42 Å². The molecule has 0 radical (unpaired) electrons. The molecule has 0 N–H and O–H groups in total. The molecule has 0 aromatic heterocycles. The topological polar surface area (TPSA) is 26.3 Å². The Hall–Kier alpha value is -0.0500. The largest absolute Gasteiger partial charge is 0.464 e. The van der Waals surface area contributed by atoms with Crippen molar-refractivity contribution in [3.8, 4) is 0 Å². The Morgan fingerprint density at radius 1 is 1.50 bits per heavy atom. The molecule has 0 aromatic carbocycles. The molecular formula is C9H17BrO2. The molecule has 0 aliphatic heterocycles. The molecule has 0 bridgehead atoms.